The topological polar surface area (TPSA) is 65.4 Å². The van der Waals surface area contributed by atoms with Crippen molar-refractivity contribution in [1.82, 2.24) is 15.2 Å². The number of nitriles is 1. The summed E-state index contributed by atoms with van der Waals surface area (Å²) in [5.41, 5.74) is 2.24. The number of hydrogen-bond donors (Lipinski definition) is 1. The molecule has 1 heterocycles. The zero-order valence-corrected chi connectivity index (χ0v) is 10.3. The zero-order valence-electron chi connectivity index (χ0n) is 9.47. The van der Waals surface area contributed by atoms with Crippen LogP contribution in [-0.2, 0) is 0 Å². The van der Waals surface area contributed by atoms with Gasteiger partial charge in [-0.2, -0.15) is 5.26 Å². The molecule has 0 atom stereocenters. The molecule has 86 valence electrons. The average molecular weight is 244 g/mol. The van der Waals surface area contributed by atoms with Crippen molar-refractivity contribution in [2.75, 3.05) is 5.75 Å². The van der Waals surface area contributed by atoms with E-state index in [1.807, 2.05) is 31.2 Å². The third-order valence-corrected chi connectivity index (χ3v) is 3.08. The van der Waals surface area contributed by atoms with Gasteiger partial charge in [-0.15, -0.1) is 5.10 Å². The summed E-state index contributed by atoms with van der Waals surface area (Å²) in [6.07, 6.45) is 0.513. The second-order valence-corrected chi connectivity index (χ2v) is 4.65. The van der Waals surface area contributed by atoms with Crippen LogP contribution in [0.5, 0.6) is 0 Å². The molecular weight excluding hydrogens is 232 g/mol. The van der Waals surface area contributed by atoms with E-state index in [0.29, 0.717) is 11.6 Å². The Balaban J connectivity index is 2.08. The van der Waals surface area contributed by atoms with Crippen LogP contribution in [0.4, 0.5) is 0 Å². The Labute approximate surface area is 104 Å². The lowest BCUT2D eigenvalue weighted by molar-refractivity contribution is 0.972. The summed E-state index contributed by atoms with van der Waals surface area (Å²) < 4.78 is 0. The van der Waals surface area contributed by atoms with Crippen molar-refractivity contribution in [3.63, 3.8) is 0 Å². The molecule has 0 radical (unpaired) electrons. The molecule has 0 saturated carbocycles. The van der Waals surface area contributed by atoms with Gasteiger partial charge in [-0.05, 0) is 6.92 Å². The van der Waals surface area contributed by atoms with Crippen molar-refractivity contribution in [3.8, 4) is 17.5 Å². The van der Waals surface area contributed by atoms with E-state index < -0.39 is 0 Å². The summed E-state index contributed by atoms with van der Waals surface area (Å²) in [4.78, 5) is 4.37. The standard InChI is InChI=1S/C12H12N4S/c1-9-3-5-10(6-4-9)11-14-12(16-15-11)17-8-2-7-13/h3-6H,2,8H2,1H3,(H,14,15,16). The van der Waals surface area contributed by atoms with Crippen LogP contribution in [0.3, 0.4) is 0 Å². The van der Waals surface area contributed by atoms with Crippen molar-refractivity contribution < 1.29 is 0 Å². The molecule has 1 aromatic carbocycles. The molecule has 0 amide bonds. The lowest BCUT2D eigenvalue weighted by Crippen LogP contribution is -1.81. The van der Waals surface area contributed by atoms with Crippen molar-refractivity contribution in [2.45, 2.75) is 18.5 Å². The maximum Gasteiger partial charge on any atom is 0.208 e. The Kier molecular flexibility index (Phi) is 3.78. The SMILES string of the molecule is Cc1ccc(-c2nc(SCCC#N)n[nH]2)cc1. The number of benzene rings is 1. The molecule has 5 heteroatoms. The average Bonchev–Trinajstić information content (AvgIpc) is 2.79. The molecular formula is C12H12N4S. The van der Waals surface area contributed by atoms with E-state index in [-0.39, 0.29) is 0 Å². The number of H-pyrrole nitrogens is 1. The van der Waals surface area contributed by atoms with Crippen LogP contribution < -0.4 is 0 Å². The predicted molar refractivity (Wildman–Crippen MR) is 67.5 cm³/mol. The molecule has 17 heavy (non-hydrogen) atoms. The summed E-state index contributed by atoms with van der Waals surface area (Å²) in [5.74, 6) is 1.49. The van der Waals surface area contributed by atoms with Crippen molar-refractivity contribution in [3.05, 3.63) is 29.8 Å². The van der Waals surface area contributed by atoms with Gasteiger partial charge in [-0.25, -0.2) is 4.98 Å². The number of rotatable bonds is 4. The Bertz CT molecular complexity index is 524. The largest absolute Gasteiger partial charge is 0.258 e. The van der Waals surface area contributed by atoms with Crippen molar-refractivity contribution in [2.24, 2.45) is 0 Å². The maximum atomic E-state index is 8.44. The lowest BCUT2D eigenvalue weighted by atomic mass is 10.1. The molecule has 0 spiro atoms. The Morgan fingerprint density at radius 2 is 2.12 bits per heavy atom. The van der Waals surface area contributed by atoms with Crippen LogP contribution in [0, 0.1) is 18.3 Å². The van der Waals surface area contributed by atoms with Gasteiger partial charge >= 0.3 is 0 Å². The molecule has 0 saturated heterocycles. The highest BCUT2D eigenvalue weighted by molar-refractivity contribution is 7.99. The van der Waals surface area contributed by atoms with Gasteiger partial charge in [-0.1, -0.05) is 41.6 Å². The molecule has 4 nitrogen and oxygen atoms in total. The van der Waals surface area contributed by atoms with E-state index in [0.717, 1.165) is 17.1 Å². The lowest BCUT2D eigenvalue weighted by Gasteiger charge is -1.95. The summed E-state index contributed by atoms with van der Waals surface area (Å²) >= 11 is 1.49. The minimum Gasteiger partial charge on any atom is -0.258 e. The van der Waals surface area contributed by atoms with Gasteiger partial charge in [0.2, 0.25) is 5.16 Å². The summed E-state index contributed by atoms with van der Waals surface area (Å²) in [7, 11) is 0. The summed E-state index contributed by atoms with van der Waals surface area (Å²) in [5, 5.41) is 16.1. The first-order valence-corrected chi connectivity index (χ1v) is 6.27. The van der Waals surface area contributed by atoms with E-state index in [9.17, 15) is 0 Å². The van der Waals surface area contributed by atoms with Gasteiger partial charge in [0.1, 0.15) is 0 Å². The second kappa shape index (κ2) is 5.51. The molecule has 1 N–H and O–H groups in total. The first-order valence-electron chi connectivity index (χ1n) is 5.29. The number of nitrogens with zero attached hydrogens (tertiary/aromatic N) is 3. The van der Waals surface area contributed by atoms with Crippen molar-refractivity contribution >= 4 is 11.8 Å². The number of nitrogens with one attached hydrogen (secondary N) is 1. The van der Waals surface area contributed by atoms with Gasteiger partial charge in [0, 0.05) is 17.7 Å². The smallest absolute Gasteiger partial charge is 0.208 e. The van der Waals surface area contributed by atoms with Crippen LogP contribution in [0.15, 0.2) is 29.4 Å². The predicted octanol–water partition coefficient (Wildman–Crippen LogP) is 2.79. The molecule has 0 aliphatic carbocycles. The van der Waals surface area contributed by atoms with Crippen LogP contribution in [0.25, 0.3) is 11.4 Å². The normalized spacial score (nSPS) is 10.1. The van der Waals surface area contributed by atoms with E-state index in [2.05, 4.69) is 21.3 Å². The number of aromatic nitrogens is 3. The van der Waals surface area contributed by atoms with E-state index in [1.54, 1.807) is 0 Å². The Morgan fingerprint density at radius 3 is 2.82 bits per heavy atom. The second-order valence-electron chi connectivity index (χ2n) is 3.59. The van der Waals surface area contributed by atoms with Crippen LogP contribution in [-0.4, -0.2) is 20.9 Å². The zero-order chi connectivity index (χ0) is 12.1. The third-order valence-electron chi connectivity index (χ3n) is 2.23. The molecule has 2 rings (SSSR count). The number of thioether (sulfide) groups is 1. The van der Waals surface area contributed by atoms with Gasteiger partial charge in [0.15, 0.2) is 5.82 Å². The summed E-state index contributed by atoms with van der Waals surface area (Å²) in [6, 6.07) is 10.2. The number of aromatic amines is 1. The van der Waals surface area contributed by atoms with Crippen LogP contribution in [0.2, 0.25) is 0 Å². The fraction of sp³-hybridized carbons (Fsp3) is 0.250. The van der Waals surface area contributed by atoms with Gasteiger partial charge in [0.25, 0.3) is 0 Å². The summed E-state index contributed by atoms with van der Waals surface area (Å²) in [6.45, 7) is 2.05. The van der Waals surface area contributed by atoms with Crippen LogP contribution in [0.1, 0.15) is 12.0 Å². The fourth-order valence-electron chi connectivity index (χ4n) is 1.34. The highest BCUT2D eigenvalue weighted by Crippen LogP contribution is 2.19. The number of hydrogen-bond acceptors (Lipinski definition) is 4. The van der Waals surface area contributed by atoms with E-state index in [1.165, 1.54) is 17.3 Å². The molecule has 0 aliphatic heterocycles. The maximum absolute atomic E-state index is 8.44. The molecule has 0 unspecified atom stereocenters. The van der Waals surface area contributed by atoms with Gasteiger partial charge in [0.05, 0.1) is 6.07 Å². The molecule has 0 fully saturated rings. The molecule has 0 bridgehead atoms. The molecule has 0 aliphatic rings. The quantitative estimate of drug-likeness (QED) is 0.663. The first kappa shape index (κ1) is 11.7. The third kappa shape index (κ3) is 3.08. The van der Waals surface area contributed by atoms with Gasteiger partial charge in [-0.3, -0.25) is 5.10 Å². The van der Waals surface area contributed by atoms with Crippen molar-refractivity contribution in [1.29, 1.82) is 5.26 Å². The Morgan fingerprint density at radius 1 is 1.35 bits per heavy atom. The van der Waals surface area contributed by atoms with E-state index in [4.69, 9.17) is 5.26 Å². The first-order chi connectivity index (χ1) is 8.29. The highest BCUT2D eigenvalue weighted by atomic mass is 32.2. The highest BCUT2D eigenvalue weighted by Gasteiger charge is 2.05. The van der Waals surface area contributed by atoms with Gasteiger partial charge < -0.3 is 0 Å². The van der Waals surface area contributed by atoms with Crippen LogP contribution >= 0.6 is 11.8 Å². The number of aryl methyl sites for hydroxylation is 1. The minimum absolute atomic E-state index is 0.513. The monoisotopic (exact) mass is 244 g/mol. The fourth-order valence-corrected chi connectivity index (χ4v) is 1.98. The van der Waals surface area contributed by atoms with E-state index >= 15 is 0 Å². The Hall–Kier alpha value is -1.80. The minimum atomic E-state index is 0.513. The molecule has 1 aromatic heterocycles. The molecule has 2 aromatic rings.